The molecule has 0 unspecified atom stereocenters. The average molecular weight is 324 g/mol. The van der Waals surface area contributed by atoms with Crippen LogP contribution in [-0.2, 0) is 17.9 Å². The van der Waals surface area contributed by atoms with Gasteiger partial charge in [-0.25, -0.2) is 4.98 Å². The van der Waals surface area contributed by atoms with Crippen molar-refractivity contribution in [1.29, 1.82) is 0 Å². The number of aryl methyl sites for hydroxylation is 2. The second kappa shape index (κ2) is 7.97. The predicted octanol–water partition coefficient (Wildman–Crippen LogP) is 4.35. The smallest absolute Gasteiger partial charge is 0.135 e. The van der Waals surface area contributed by atoms with Crippen LogP contribution in [0.15, 0.2) is 48.5 Å². The number of unbranched alkanes of at least 4 members (excludes halogenated alkanes) is 1. The zero-order valence-electron chi connectivity index (χ0n) is 14.4. The first-order valence-electron chi connectivity index (χ1n) is 8.40. The molecule has 0 N–H and O–H groups in total. The highest BCUT2D eigenvalue weighted by molar-refractivity contribution is 5.75. The molecule has 0 saturated heterocycles. The maximum atomic E-state index is 5.80. The summed E-state index contributed by atoms with van der Waals surface area (Å²) >= 11 is 0. The maximum Gasteiger partial charge on any atom is 0.135 e. The number of imidazole rings is 1. The molecular formula is C20H24N2O2. The molecule has 24 heavy (non-hydrogen) atoms. The molecule has 0 radical (unpaired) electrons. The third-order valence-corrected chi connectivity index (χ3v) is 4.07. The topological polar surface area (TPSA) is 36.3 Å². The molecule has 0 aliphatic heterocycles. The van der Waals surface area contributed by atoms with Crippen LogP contribution in [0.2, 0.25) is 0 Å². The van der Waals surface area contributed by atoms with Gasteiger partial charge >= 0.3 is 0 Å². The second-order valence-corrected chi connectivity index (χ2v) is 5.97. The first kappa shape index (κ1) is 16.5. The van der Waals surface area contributed by atoms with Gasteiger partial charge in [0, 0.05) is 13.7 Å². The molecule has 0 aliphatic rings. The molecule has 3 aromatic rings. The van der Waals surface area contributed by atoms with Crippen molar-refractivity contribution in [3.63, 3.8) is 0 Å². The lowest BCUT2D eigenvalue weighted by Gasteiger charge is -2.10. The number of hydrogen-bond acceptors (Lipinski definition) is 3. The SMILES string of the molecule is COCc1nc2ccccc2n1CCCCOc1ccc(C)cc1. The number of aromatic nitrogens is 2. The van der Waals surface area contributed by atoms with E-state index in [1.54, 1.807) is 7.11 Å². The molecule has 0 fully saturated rings. The van der Waals surface area contributed by atoms with Crippen LogP contribution in [0.1, 0.15) is 24.2 Å². The van der Waals surface area contributed by atoms with Gasteiger partial charge in [-0.15, -0.1) is 0 Å². The molecule has 0 atom stereocenters. The third-order valence-electron chi connectivity index (χ3n) is 4.07. The summed E-state index contributed by atoms with van der Waals surface area (Å²) in [7, 11) is 1.71. The summed E-state index contributed by atoms with van der Waals surface area (Å²) in [4.78, 5) is 4.66. The van der Waals surface area contributed by atoms with Crippen molar-refractivity contribution in [1.82, 2.24) is 9.55 Å². The van der Waals surface area contributed by atoms with Crippen LogP contribution in [0.25, 0.3) is 11.0 Å². The highest BCUT2D eigenvalue weighted by atomic mass is 16.5. The van der Waals surface area contributed by atoms with Gasteiger partial charge in [0.15, 0.2) is 0 Å². The van der Waals surface area contributed by atoms with Crippen molar-refractivity contribution in [3.05, 3.63) is 59.9 Å². The van der Waals surface area contributed by atoms with Crippen molar-refractivity contribution in [2.45, 2.75) is 32.9 Å². The van der Waals surface area contributed by atoms with Crippen molar-refractivity contribution >= 4 is 11.0 Å². The summed E-state index contributed by atoms with van der Waals surface area (Å²) in [6.07, 6.45) is 2.05. The summed E-state index contributed by atoms with van der Waals surface area (Å²) in [5, 5.41) is 0. The molecule has 3 rings (SSSR count). The minimum absolute atomic E-state index is 0.536. The Balaban J connectivity index is 1.55. The summed E-state index contributed by atoms with van der Waals surface area (Å²) < 4.78 is 13.3. The van der Waals surface area contributed by atoms with Crippen molar-refractivity contribution in [2.24, 2.45) is 0 Å². The second-order valence-electron chi connectivity index (χ2n) is 5.97. The Morgan fingerprint density at radius 1 is 1.00 bits per heavy atom. The normalized spacial score (nSPS) is 11.1. The van der Waals surface area contributed by atoms with Crippen LogP contribution in [0.5, 0.6) is 5.75 Å². The van der Waals surface area contributed by atoms with Crippen LogP contribution < -0.4 is 4.74 Å². The lowest BCUT2D eigenvalue weighted by atomic mass is 10.2. The van der Waals surface area contributed by atoms with E-state index in [1.165, 1.54) is 11.1 Å². The molecule has 4 heteroatoms. The minimum Gasteiger partial charge on any atom is -0.494 e. The molecule has 0 bridgehead atoms. The molecule has 2 aromatic carbocycles. The molecule has 0 aliphatic carbocycles. The Kier molecular flexibility index (Phi) is 5.49. The highest BCUT2D eigenvalue weighted by Gasteiger charge is 2.09. The Bertz CT molecular complexity index is 778. The molecule has 0 saturated carbocycles. The zero-order valence-corrected chi connectivity index (χ0v) is 14.4. The Hall–Kier alpha value is -2.33. The molecule has 126 valence electrons. The fourth-order valence-corrected chi connectivity index (χ4v) is 2.81. The molecule has 1 heterocycles. The van der Waals surface area contributed by atoms with E-state index in [1.807, 2.05) is 24.3 Å². The van der Waals surface area contributed by atoms with Gasteiger partial charge in [0.2, 0.25) is 0 Å². The van der Waals surface area contributed by atoms with E-state index in [2.05, 4.69) is 40.7 Å². The monoisotopic (exact) mass is 324 g/mol. The van der Waals surface area contributed by atoms with E-state index < -0.39 is 0 Å². The standard InChI is InChI=1S/C20H24N2O2/c1-16-9-11-17(12-10-16)24-14-6-5-13-22-19-8-4-3-7-18(19)21-20(22)15-23-2/h3-4,7-12H,5-6,13-15H2,1-2H3. The fourth-order valence-electron chi connectivity index (χ4n) is 2.81. The Labute approximate surface area is 143 Å². The largest absolute Gasteiger partial charge is 0.494 e. The Morgan fingerprint density at radius 3 is 2.58 bits per heavy atom. The number of para-hydroxylation sites is 2. The summed E-state index contributed by atoms with van der Waals surface area (Å²) in [5.74, 6) is 1.92. The van der Waals surface area contributed by atoms with Crippen LogP contribution >= 0.6 is 0 Å². The minimum atomic E-state index is 0.536. The van der Waals surface area contributed by atoms with Crippen molar-refractivity contribution < 1.29 is 9.47 Å². The molecule has 1 aromatic heterocycles. The maximum absolute atomic E-state index is 5.80. The van der Waals surface area contributed by atoms with Gasteiger partial charge in [0.05, 0.1) is 17.6 Å². The van der Waals surface area contributed by atoms with Gasteiger partial charge in [0.1, 0.15) is 18.2 Å². The average Bonchev–Trinajstić information content (AvgIpc) is 2.94. The van der Waals surface area contributed by atoms with Crippen LogP contribution in [0.3, 0.4) is 0 Å². The zero-order chi connectivity index (χ0) is 16.8. The lowest BCUT2D eigenvalue weighted by molar-refractivity contribution is 0.174. The predicted molar refractivity (Wildman–Crippen MR) is 96.4 cm³/mol. The van der Waals surface area contributed by atoms with Crippen LogP contribution in [0.4, 0.5) is 0 Å². The van der Waals surface area contributed by atoms with Gasteiger partial charge in [-0.2, -0.15) is 0 Å². The number of methoxy groups -OCH3 is 1. The van der Waals surface area contributed by atoms with E-state index in [4.69, 9.17) is 9.47 Å². The number of ether oxygens (including phenoxy) is 2. The third kappa shape index (κ3) is 3.95. The van der Waals surface area contributed by atoms with Crippen molar-refractivity contribution in [3.8, 4) is 5.75 Å². The van der Waals surface area contributed by atoms with Gasteiger partial charge in [-0.05, 0) is 44.0 Å². The van der Waals surface area contributed by atoms with E-state index >= 15 is 0 Å². The number of rotatable bonds is 8. The molecular weight excluding hydrogens is 300 g/mol. The van der Waals surface area contributed by atoms with Crippen LogP contribution in [-0.4, -0.2) is 23.3 Å². The van der Waals surface area contributed by atoms with E-state index in [-0.39, 0.29) is 0 Å². The number of hydrogen-bond donors (Lipinski definition) is 0. The fraction of sp³-hybridized carbons (Fsp3) is 0.350. The van der Waals surface area contributed by atoms with E-state index in [0.29, 0.717) is 6.61 Å². The quantitative estimate of drug-likeness (QED) is 0.578. The number of fused-ring (bicyclic) bond motifs is 1. The first-order valence-corrected chi connectivity index (χ1v) is 8.40. The summed E-state index contributed by atoms with van der Waals surface area (Å²) in [5.41, 5.74) is 3.45. The summed E-state index contributed by atoms with van der Waals surface area (Å²) in [6.45, 7) is 4.27. The van der Waals surface area contributed by atoms with Gasteiger partial charge in [-0.3, -0.25) is 0 Å². The van der Waals surface area contributed by atoms with Crippen LogP contribution in [0, 0.1) is 6.92 Å². The van der Waals surface area contributed by atoms with Crippen molar-refractivity contribution in [2.75, 3.05) is 13.7 Å². The van der Waals surface area contributed by atoms with Gasteiger partial charge in [0.25, 0.3) is 0 Å². The first-order chi connectivity index (χ1) is 11.8. The molecule has 4 nitrogen and oxygen atoms in total. The Morgan fingerprint density at radius 2 is 1.79 bits per heavy atom. The van der Waals surface area contributed by atoms with Gasteiger partial charge < -0.3 is 14.0 Å². The van der Waals surface area contributed by atoms with Gasteiger partial charge in [-0.1, -0.05) is 29.8 Å². The summed E-state index contributed by atoms with van der Waals surface area (Å²) in [6, 6.07) is 16.4. The molecule has 0 amide bonds. The van der Waals surface area contributed by atoms with E-state index in [9.17, 15) is 0 Å². The number of benzene rings is 2. The lowest BCUT2D eigenvalue weighted by Crippen LogP contribution is -2.07. The van der Waals surface area contributed by atoms with E-state index in [0.717, 1.165) is 43.1 Å². The molecule has 0 spiro atoms. The highest BCUT2D eigenvalue weighted by Crippen LogP contribution is 2.18. The number of nitrogens with zero attached hydrogens (tertiary/aromatic N) is 2.